The Morgan fingerprint density at radius 3 is 2.60 bits per heavy atom. The van der Waals surface area contributed by atoms with Crippen molar-refractivity contribution in [3.05, 3.63) is 11.9 Å². The Balaban J connectivity index is 2.32. The fourth-order valence-electron chi connectivity index (χ4n) is 2.57. The summed E-state index contributed by atoms with van der Waals surface area (Å²) in [7, 11) is 0. The van der Waals surface area contributed by atoms with Crippen molar-refractivity contribution in [3.8, 4) is 0 Å². The van der Waals surface area contributed by atoms with Crippen molar-refractivity contribution < 1.29 is 0 Å². The van der Waals surface area contributed by atoms with E-state index < -0.39 is 0 Å². The van der Waals surface area contributed by atoms with E-state index in [0.717, 1.165) is 43.5 Å². The minimum absolute atomic E-state index is 0.482. The lowest BCUT2D eigenvalue weighted by Gasteiger charge is -2.30. The van der Waals surface area contributed by atoms with E-state index in [4.69, 9.17) is 0 Å². The normalized spacial score (nSPS) is 14.7. The van der Waals surface area contributed by atoms with Crippen molar-refractivity contribution >= 4 is 11.6 Å². The number of nitrogens with zero attached hydrogens (tertiary/aromatic N) is 3. The maximum atomic E-state index is 4.62. The summed E-state index contributed by atoms with van der Waals surface area (Å²) in [5, 5.41) is 3.39. The summed E-state index contributed by atoms with van der Waals surface area (Å²) in [6.07, 6.45) is 6.60. The van der Waals surface area contributed by atoms with Crippen molar-refractivity contribution in [1.29, 1.82) is 0 Å². The lowest BCUT2D eigenvalue weighted by Crippen LogP contribution is -2.34. The molecule has 0 saturated heterocycles. The highest BCUT2D eigenvalue weighted by Gasteiger charge is 2.28. The Bertz CT molecular complexity index is 426. The van der Waals surface area contributed by atoms with Gasteiger partial charge in [0.15, 0.2) is 0 Å². The lowest BCUT2D eigenvalue weighted by atomic mass is 10.1. The molecule has 1 saturated carbocycles. The summed E-state index contributed by atoms with van der Waals surface area (Å²) < 4.78 is 0. The monoisotopic (exact) mass is 276 g/mol. The molecule has 0 bridgehead atoms. The predicted molar refractivity (Wildman–Crippen MR) is 85.4 cm³/mol. The summed E-state index contributed by atoms with van der Waals surface area (Å²) in [5.41, 5.74) is 1.28. The molecule has 0 atom stereocenters. The zero-order valence-corrected chi connectivity index (χ0v) is 13.3. The van der Waals surface area contributed by atoms with Gasteiger partial charge in [-0.3, -0.25) is 0 Å². The second kappa shape index (κ2) is 6.91. The smallest absolute Gasteiger partial charge is 0.137 e. The van der Waals surface area contributed by atoms with Gasteiger partial charge in [-0.25, -0.2) is 9.97 Å². The summed E-state index contributed by atoms with van der Waals surface area (Å²) in [5.74, 6) is 3.02. The molecule has 20 heavy (non-hydrogen) atoms. The number of aromatic nitrogens is 2. The van der Waals surface area contributed by atoms with Gasteiger partial charge in [-0.15, -0.1) is 0 Å². The molecule has 4 nitrogen and oxygen atoms in total. The third kappa shape index (κ3) is 3.62. The first-order valence-electron chi connectivity index (χ1n) is 8.01. The highest BCUT2D eigenvalue weighted by molar-refractivity contribution is 5.59. The quantitative estimate of drug-likeness (QED) is 0.789. The maximum absolute atomic E-state index is 4.62. The molecule has 4 heteroatoms. The van der Waals surface area contributed by atoms with Crippen LogP contribution in [0.2, 0.25) is 0 Å². The molecule has 1 N–H and O–H groups in total. The van der Waals surface area contributed by atoms with Crippen LogP contribution in [-0.4, -0.2) is 29.1 Å². The van der Waals surface area contributed by atoms with Crippen LogP contribution in [0.3, 0.4) is 0 Å². The van der Waals surface area contributed by atoms with Gasteiger partial charge in [0, 0.05) is 24.7 Å². The van der Waals surface area contributed by atoms with E-state index in [-0.39, 0.29) is 0 Å². The van der Waals surface area contributed by atoms with Gasteiger partial charge in [-0.1, -0.05) is 13.3 Å². The van der Waals surface area contributed by atoms with Crippen LogP contribution < -0.4 is 10.2 Å². The van der Waals surface area contributed by atoms with E-state index in [9.17, 15) is 0 Å². The van der Waals surface area contributed by atoms with Gasteiger partial charge in [-0.2, -0.15) is 0 Å². The van der Waals surface area contributed by atoms with E-state index in [1.165, 1.54) is 18.4 Å². The van der Waals surface area contributed by atoms with E-state index in [1.54, 1.807) is 6.33 Å². The van der Waals surface area contributed by atoms with Crippen LogP contribution in [0.5, 0.6) is 0 Å². The maximum Gasteiger partial charge on any atom is 0.137 e. The third-order valence-corrected chi connectivity index (χ3v) is 3.81. The van der Waals surface area contributed by atoms with E-state index in [2.05, 4.69) is 47.9 Å². The molecule has 0 radical (unpaired) electrons. The molecule has 0 aliphatic heterocycles. The molecule has 112 valence electrons. The van der Waals surface area contributed by atoms with Crippen molar-refractivity contribution in [2.24, 2.45) is 5.92 Å². The van der Waals surface area contributed by atoms with Crippen LogP contribution in [0.25, 0.3) is 0 Å². The number of rotatable bonds is 8. The standard InChI is InChI=1S/C16H28N4/c1-5-7-14-15(17-6-2)18-11-19-16(14)20(12(3)4)10-13-8-9-13/h11-13H,5-10H2,1-4H3,(H,17,18,19). The molecule has 0 spiro atoms. The van der Waals surface area contributed by atoms with Crippen LogP contribution in [0.1, 0.15) is 52.5 Å². The Morgan fingerprint density at radius 2 is 2.05 bits per heavy atom. The van der Waals surface area contributed by atoms with Crippen LogP contribution in [-0.2, 0) is 6.42 Å². The van der Waals surface area contributed by atoms with Gasteiger partial charge < -0.3 is 10.2 Å². The Morgan fingerprint density at radius 1 is 1.30 bits per heavy atom. The van der Waals surface area contributed by atoms with Crippen molar-refractivity contribution in [2.75, 3.05) is 23.3 Å². The van der Waals surface area contributed by atoms with Gasteiger partial charge in [0.2, 0.25) is 0 Å². The summed E-state index contributed by atoms with van der Waals surface area (Å²) in [6, 6.07) is 0.482. The SMILES string of the molecule is CCCc1c(NCC)ncnc1N(CC1CC1)C(C)C. The molecule has 0 unspecified atom stereocenters. The predicted octanol–water partition coefficient (Wildman–Crippen LogP) is 3.49. The molecule has 1 heterocycles. The number of nitrogens with one attached hydrogen (secondary N) is 1. The second-order valence-electron chi connectivity index (χ2n) is 5.99. The van der Waals surface area contributed by atoms with Crippen molar-refractivity contribution in [1.82, 2.24) is 9.97 Å². The first kappa shape index (κ1) is 15.1. The highest BCUT2D eigenvalue weighted by atomic mass is 15.2. The topological polar surface area (TPSA) is 41.1 Å². The van der Waals surface area contributed by atoms with Crippen LogP contribution >= 0.6 is 0 Å². The molecule has 1 aromatic heterocycles. The fourth-order valence-corrected chi connectivity index (χ4v) is 2.57. The zero-order chi connectivity index (χ0) is 14.5. The minimum Gasteiger partial charge on any atom is -0.370 e. The number of hydrogen-bond acceptors (Lipinski definition) is 4. The van der Waals surface area contributed by atoms with Gasteiger partial charge in [0.25, 0.3) is 0 Å². The van der Waals surface area contributed by atoms with Gasteiger partial charge in [-0.05, 0) is 46.0 Å². The number of anilines is 2. The molecule has 2 rings (SSSR count). The number of hydrogen-bond donors (Lipinski definition) is 1. The zero-order valence-electron chi connectivity index (χ0n) is 13.3. The largest absolute Gasteiger partial charge is 0.370 e. The Hall–Kier alpha value is -1.32. The lowest BCUT2D eigenvalue weighted by molar-refractivity contribution is 0.631. The summed E-state index contributed by atoms with van der Waals surface area (Å²) in [4.78, 5) is 11.5. The van der Waals surface area contributed by atoms with Gasteiger partial charge in [0.1, 0.15) is 18.0 Å². The summed E-state index contributed by atoms with van der Waals surface area (Å²) in [6.45, 7) is 10.9. The molecule has 1 aliphatic rings. The summed E-state index contributed by atoms with van der Waals surface area (Å²) >= 11 is 0. The average Bonchev–Trinajstić information content (AvgIpc) is 3.22. The van der Waals surface area contributed by atoms with Crippen LogP contribution in [0.15, 0.2) is 6.33 Å². The molecule has 1 fully saturated rings. The van der Waals surface area contributed by atoms with Crippen molar-refractivity contribution in [2.45, 2.75) is 59.4 Å². The van der Waals surface area contributed by atoms with E-state index >= 15 is 0 Å². The molecule has 1 aromatic rings. The molecule has 0 amide bonds. The molecule has 1 aliphatic carbocycles. The second-order valence-corrected chi connectivity index (χ2v) is 5.99. The van der Waals surface area contributed by atoms with Gasteiger partial charge in [0.05, 0.1) is 0 Å². The van der Waals surface area contributed by atoms with E-state index in [0.29, 0.717) is 6.04 Å². The molecular weight excluding hydrogens is 248 g/mol. The highest BCUT2D eigenvalue weighted by Crippen LogP contribution is 2.34. The third-order valence-electron chi connectivity index (χ3n) is 3.81. The average molecular weight is 276 g/mol. The van der Waals surface area contributed by atoms with Gasteiger partial charge >= 0.3 is 0 Å². The van der Waals surface area contributed by atoms with Crippen LogP contribution in [0.4, 0.5) is 11.6 Å². The van der Waals surface area contributed by atoms with Crippen LogP contribution in [0, 0.1) is 5.92 Å². The first-order valence-corrected chi connectivity index (χ1v) is 8.01. The fraction of sp³-hybridized carbons (Fsp3) is 0.750. The molecule has 0 aromatic carbocycles. The molecular formula is C16H28N4. The first-order chi connectivity index (χ1) is 9.67. The van der Waals surface area contributed by atoms with Crippen molar-refractivity contribution in [3.63, 3.8) is 0 Å². The Labute approximate surface area is 123 Å². The van der Waals surface area contributed by atoms with E-state index in [1.807, 2.05) is 0 Å². The Kier molecular flexibility index (Phi) is 5.21. The minimum atomic E-state index is 0.482.